The number of benzene rings is 1. The minimum absolute atomic E-state index is 0.0301. The van der Waals surface area contributed by atoms with Crippen LogP contribution in [-0.2, 0) is 0 Å². The zero-order chi connectivity index (χ0) is 10.8. The summed E-state index contributed by atoms with van der Waals surface area (Å²) in [6.07, 6.45) is 0. The Kier molecular flexibility index (Phi) is 3.05. The maximum Gasteiger partial charge on any atom is 0.446 e. The lowest BCUT2D eigenvalue weighted by Gasteiger charge is -2.05. The molecular weight excluding hydrogens is 215 g/mol. The molecule has 76 valence electrons. The zero-order valence-corrected chi connectivity index (χ0v) is 7.65. The molecule has 1 aromatic carbocycles. The first-order valence-electron chi connectivity index (χ1n) is 3.54. The van der Waals surface area contributed by atoms with Gasteiger partial charge in [-0.25, -0.2) is 0 Å². The van der Waals surface area contributed by atoms with Gasteiger partial charge in [0.15, 0.2) is 0 Å². The van der Waals surface area contributed by atoms with Crippen molar-refractivity contribution in [1.82, 2.24) is 0 Å². The Morgan fingerprint density at radius 3 is 2.07 bits per heavy atom. The smallest absolute Gasteiger partial charge is 0.366 e. The third-order valence-corrected chi connectivity index (χ3v) is 2.11. The van der Waals surface area contributed by atoms with Crippen molar-refractivity contribution in [3.63, 3.8) is 0 Å². The van der Waals surface area contributed by atoms with E-state index in [1.54, 1.807) is 0 Å². The van der Waals surface area contributed by atoms with Gasteiger partial charge in [0.25, 0.3) is 0 Å². The predicted molar refractivity (Wildman–Crippen MR) is 46.9 cm³/mol. The number of amides is 1. The van der Waals surface area contributed by atoms with Crippen molar-refractivity contribution in [1.29, 1.82) is 0 Å². The molecule has 2 N–H and O–H groups in total. The SMILES string of the molecule is NC(=O)c1ccc(SC(F)(F)F)cc1. The number of halogens is 3. The lowest BCUT2D eigenvalue weighted by molar-refractivity contribution is -0.0328. The van der Waals surface area contributed by atoms with Crippen molar-refractivity contribution in [2.24, 2.45) is 5.73 Å². The summed E-state index contributed by atoms with van der Waals surface area (Å²) in [5.41, 5.74) is 0.803. The third-order valence-electron chi connectivity index (χ3n) is 1.37. The second kappa shape index (κ2) is 3.91. The van der Waals surface area contributed by atoms with E-state index >= 15 is 0 Å². The first kappa shape index (κ1) is 10.9. The Morgan fingerprint density at radius 2 is 1.71 bits per heavy atom. The molecule has 0 unspecified atom stereocenters. The molecule has 1 aromatic rings. The third kappa shape index (κ3) is 3.29. The number of carbonyl (C=O) groups is 1. The molecule has 0 aromatic heterocycles. The highest BCUT2D eigenvalue weighted by atomic mass is 32.2. The fraction of sp³-hybridized carbons (Fsp3) is 0.125. The standard InChI is InChI=1S/C8H6F3NOS/c9-8(10,11)14-6-3-1-5(2-4-6)7(12)13/h1-4H,(H2,12,13). The summed E-state index contributed by atoms with van der Waals surface area (Å²) in [6.45, 7) is 0. The van der Waals surface area contributed by atoms with Crippen LogP contribution in [0.3, 0.4) is 0 Å². The van der Waals surface area contributed by atoms with Gasteiger partial charge in [-0.05, 0) is 36.0 Å². The Bertz CT molecular complexity index is 333. The number of primary amides is 1. The molecule has 0 saturated heterocycles. The molecule has 0 spiro atoms. The molecule has 0 atom stereocenters. The molecule has 0 saturated carbocycles. The predicted octanol–water partition coefficient (Wildman–Crippen LogP) is 2.40. The summed E-state index contributed by atoms with van der Waals surface area (Å²) < 4.78 is 35.6. The summed E-state index contributed by atoms with van der Waals surface area (Å²) in [7, 11) is 0. The summed E-state index contributed by atoms with van der Waals surface area (Å²) in [5.74, 6) is -0.659. The van der Waals surface area contributed by atoms with Crippen LogP contribution in [0.4, 0.5) is 13.2 Å². The van der Waals surface area contributed by atoms with E-state index in [-0.39, 0.29) is 22.2 Å². The Morgan fingerprint density at radius 1 is 1.21 bits per heavy atom. The number of hydrogen-bond acceptors (Lipinski definition) is 2. The Labute approximate surface area is 82.3 Å². The largest absolute Gasteiger partial charge is 0.446 e. The second-order valence-electron chi connectivity index (χ2n) is 2.44. The van der Waals surface area contributed by atoms with Gasteiger partial charge in [-0.3, -0.25) is 4.79 Å². The van der Waals surface area contributed by atoms with Crippen molar-refractivity contribution in [3.05, 3.63) is 29.8 Å². The van der Waals surface area contributed by atoms with Gasteiger partial charge < -0.3 is 5.73 Å². The number of nitrogens with two attached hydrogens (primary N) is 1. The van der Waals surface area contributed by atoms with E-state index in [4.69, 9.17) is 5.73 Å². The van der Waals surface area contributed by atoms with Gasteiger partial charge in [-0.1, -0.05) is 0 Å². The van der Waals surface area contributed by atoms with Gasteiger partial charge in [0.1, 0.15) is 0 Å². The number of thioether (sulfide) groups is 1. The highest BCUT2D eigenvalue weighted by Crippen LogP contribution is 2.36. The van der Waals surface area contributed by atoms with E-state index < -0.39 is 11.4 Å². The highest BCUT2D eigenvalue weighted by Gasteiger charge is 2.29. The normalized spacial score (nSPS) is 11.4. The van der Waals surface area contributed by atoms with Gasteiger partial charge >= 0.3 is 5.51 Å². The number of rotatable bonds is 2. The summed E-state index contributed by atoms with van der Waals surface area (Å²) >= 11 is -0.231. The van der Waals surface area contributed by atoms with Gasteiger partial charge in [-0.15, -0.1) is 0 Å². The summed E-state index contributed by atoms with van der Waals surface area (Å²) in [4.78, 5) is 10.6. The van der Waals surface area contributed by atoms with E-state index in [0.29, 0.717) is 0 Å². The highest BCUT2D eigenvalue weighted by molar-refractivity contribution is 8.00. The van der Waals surface area contributed by atoms with E-state index in [2.05, 4.69) is 0 Å². The van der Waals surface area contributed by atoms with E-state index in [0.717, 1.165) is 0 Å². The molecular formula is C8H6F3NOS. The van der Waals surface area contributed by atoms with Crippen LogP contribution in [0.2, 0.25) is 0 Å². The van der Waals surface area contributed by atoms with Gasteiger partial charge in [-0.2, -0.15) is 13.2 Å². The number of alkyl halides is 3. The molecule has 0 aliphatic rings. The maximum absolute atomic E-state index is 11.9. The lowest BCUT2D eigenvalue weighted by atomic mass is 10.2. The van der Waals surface area contributed by atoms with Gasteiger partial charge in [0.2, 0.25) is 5.91 Å². The quantitative estimate of drug-likeness (QED) is 0.779. The van der Waals surface area contributed by atoms with Crippen LogP contribution < -0.4 is 5.73 Å². The first-order chi connectivity index (χ1) is 6.38. The summed E-state index contributed by atoms with van der Waals surface area (Å²) in [5, 5.41) is 0. The molecule has 1 amide bonds. The van der Waals surface area contributed by atoms with Gasteiger partial charge in [0.05, 0.1) is 0 Å². The van der Waals surface area contributed by atoms with Crippen LogP contribution >= 0.6 is 11.8 Å². The van der Waals surface area contributed by atoms with Crippen molar-refractivity contribution in [3.8, 4) is 0 Å². The molecule has 0 heterocycles. The van der Waals surface area contributed by atoms with Crippen LogP contribution in [0.15, 0.2) is 29.2 Å². The molecule has 14 heavy (non-hydrogen) atoms. The van der Waals surface area contributed by atoms with E-state index in [1.165, 1.54) is 24.3 Å². The van der Waals surface area contributed by atoms with Crippen LogP contribution in [0.25, 0.3) is 0 Å². The van der Waals surface area contributed by atoms with Crippen molar-refractivity contribution < 1.29 is 18.0 Å². The lowest BCUT2D eigenvalue weighted by Crippen LogP contribution is -2.10. The molecule has 0 aliphatic heterocycles. The molecule has 0 fully saturated rings. The zero-order valence-electron chi connectivity index (χ0n) is 6.84. The molecule has 6 heteroatoms. The van der Waals surface area contributed by atoms with Crippen LogP contribution in [0.5, 0.6) is 0 Å². The van der Waals surface area contributed by atoms with Crippen molar-refractivity contribution in [2.45, 2.75) is 10.4 Å². The van der Waals surface area contributed by atoms with Crippen LogP contribution in [-0.4, -0.2) is 11.4 Å². The fourth-order valence-corrected chi connectivity index (χ4v) is 1.36. The van der Waals surface area contributed by atoms with E-state index in [1.807, 2.05) is 0 Å². The Hall–Kier alpha value is -1.17. The van der Waals surface area contributed by atoms with Crippen molar-refractivity contribution >= 4 is 17.7 Å². The molecule has 0 radical (unpaired) electrons. The Balaban J connectivity index is 2.79. The molecule has 1 rings (SSSR count). The molecule has 0 aliphatic carbocycles. The minimum atomic E-state index is -4.31. The fourth-order valence-electron chi connectivity index (χ4n) is 0.821. The average molecular weight is 221 g/mol. The average Bonchev–Trinajstić information content (AvgIpc) is 2.02. The van der Waals surface area contributed by atoms with Crippen LogP contribution in [0.1, 0.15) is 10.4 Å². The van der Waals surface area contributed by atoms with Gasteiger partial charge in [0, 0.05) is 10.5 Å². The minimum Gasteiger partial charge on any atom is -0.366 e. The summed E-state index contributed by atoms with van der Waals surface area (Å²) in [6, 6.07) is 4.93. The molecule has 0 bridgehead atoms. The first-order valence-corrected chi connectivity index (χ1v) is 4.36. The number of carbonyl (C=O) groups excluding carboxylic acids is 1. The van der Waals surface area contributed by atoms with E-state index in [9.17, 15) is 18.0 Å². The van der Waals surface area contributed by atoms with Crippen LogP contribution in [0, 0.1) is 0 Å². The monoisotopic (exact) mass is 221 g/mol. The molecule has 2 nitrogen and oxygen atoms in total. The topological polar surface area (TPSA) is 43.1 Å². The van der Waals surface area contributed by atoms with Crippen molar-refractivity contribution in [2.75, 3.05) is 0 Å². The number of hydrogen-bond donors (Lipinski definition) is 1. The maximum atomic E-state index is 11.9. The second-order valence-corrected chi connectivity index (χ2v) is 3.57.